The maximum absolute atomic E-state index is 11.0. The lowest BCUT2D eigenvalue weighted by Crippen LogP contribution is -2.29. The molecule has 134 valence electrons. The molecule has 3 aromatic carbocycles. The lowest BCUT2D eigenvalue weighted by Gasteiger charge is -2.29. The molecule has 1 heterocycles. The van der Waals surface area contributed by atoms with Crippen molar-refractivity contribution in [2.45, 2.75) is 19.3 Å². The summed E-state index contributed by atoms with van der Waals surface area (Å²) in [5.41, 5.74) is 1.73. The van der Waals surface area contributed by atoms with Crippen LogP contribution in [0.15, 0.2) is 54.1 Å². The minimum absolute atomic E-state index is 0.263. The number of benzene rings is 3. The molecule has 0 unspecified atom stereocenters. The van der Waals surface area contributed by atoms with Crippen LogP contribution < -0.4 is 4.90 Å². The van der Waals surface area contributed by atoms with Crippen LogP contribution in [0.2, 0.25) is 0 Å². The number of aliphatic carboxylic acids is 1. The second-order valence-electron chi connectivity index (χ2n) is 6.97. The van der Waals surface area contributed by atoms with Crippen molar-refractivity contribution < 1.29 is 9.90 Å². The fraction of sp³-hybridized carbons (Fsp3) is 0.217. The fourth-order valence-electron chi connectivity index (χ4n) is 3.82. The number of fused-ring (bicyclic) bond motifs is 3. The van der Waals surface area contributed by atoms with Gasteiger partial charge in [0.1, 0.15) is 11.6 Å². The highest BCUT2D eigenvalue weighted by Crippen LogP contribution is 2.30. The Kier molecular flexibility index (Phi) is 4.52. The smallest absolute Gasteiger partial charge is 0.346 e. The van der Waals surface area contributed by atoms with Gasteiger partial charge in [-0.1, -0.05) is 30.3 Å². The van der Waals surface area contributed by atoms with Gasteiger partial charge >= 0.3 is 5.97 Å². The highest BCUT2D eigenvalue weighted by atomic mass is 16.4. The maximum Gasteiger partial charge on any atom is 0.346 e. The minimum atomic E-state index is -1.21. The average molecular weight is 356 g/mol. The van der Waals surface area contributed by atoms with Crippen molar-refractivity contribution in [3.63, 3.8) is 0 Å². The molecule has 0 spiro atoms. The van der Waals surface area contributed by atoms with Gasteiger partial charge in [0.2, 0.25) is 0 Å². The number of rotatable bonds is 3. The Hall–Kier alpha value is -3.32. The first-order valence-electron chi connectivity index (χ1n) is 9.22. The van der Waals surface area contributed by atoms with E-state index in [9.17, 15) is 4.79 Å². The Morgan fingerprint density at radius 2 is 1.63 bits per heavy atom. The summed E-state index contributed by atoms with van der Waals surface area (Å²) in [6.07, 6.45) is 5.24. The van der Waals surface area contributed by atoms with Crippen molar-refractivity contribution in [2.24, 2.45) is 0 Å². The lowest BCUT2D eigenvalue weighted by atomic mass is 9.98. The molecule has 1 aliphatic rings. The van der Waals surface area contributed by atoms with Crippen LogP contribution >= 0.6 is 0 Å². The molecule has 4 rings (SSSR count). The number of piperidine rings is 1. The van der Waals surface area contributed by atoms with Crippen LogP contribution in [0.25, 0.3) is 27.6 Å². The van der Waals surface area contributed by atoms with Gasteiger partial charge in [0, 0.05) is 18.8 Å². The van der Waals surface area contributed by atoms with Gasteiger partial charge in [-0.25, -0.2) is 4.79 Å². The summed E-state index contributed by atoms with van der Waals surface area (Å²) in [6, 6.07) is 18.3. The van der Waals surface area contributed by atoms with E-state index in [1.54, 1.807) is 6.07 Å². The first kappa shape index (κ1) is 17.1. The Balaban J connectivity index is 1.75. The predicted octanol–water partition coefficient (Wildman–Crippen LogP) is 4.97. The van der Waals surface area contributed by atoms with Gasteiger partial charge in [0.25, 0.3) is 0 Å². The Labute approximate surface area is 157 Å². The number of carbonyl (C=O) groups is 1. The number of anilines is 1. The van der Waals surface area contributed by atoms with Crippen molar-refractivity contribution in [3.8, 4) is 6.07 Å². The first-order valence-corrected chi connectivity index (χ1v) is 9.22. The Bertz CT molecular complexity index is 1100. The van der Waals surface area contributed by atoms with E-state index in [0.717, 1.165) is 23.9 Å². The molecule has 0 saturated carbocycles. The van der Waals surface area contributed by atoms with Crippen molar-refractivity contribution in [1.29, 1.82) is 5.26 Å². The standard InChI is InChI=1S/C23H20N2O2/c24-15-19(23(26)27)13-16-4-8-21-17(12-16)5-6-18-14-20(7-9-22(18)21)25-10-2-1-3-11-25/h4-9,12-14H,1-3,10-11H2,(H,26,27). The van der Waals surface area contributed by atoms with Gasteiger partial charge in [0.05, 0.1) is 0 Å². The molecule has 1 fully saturated rings. The second-order valence-corrected chi connectivity index (χ2v) is 6.97. The number of nitrogens with zero attached hydrogens (tertiary/aromatic N) is 2. The van der Waals surface area contributed by atoms with E-state index in [2.05, 4.69) is 35.2 Å². The van der Waals surface area contributed by atoms with E-state index in [0.29, 0.717) is 5.56 Å². The third-order valence-corrected chi connectivity index (χ3v) is 5.23. The second kappa shape index (κ2) is 7.13. The van der Waals surface area contributed by atoms with Crippen LogP contribution in [0.4, 0.5) is 5.69 Å². The number of carboxylic acids is 1. The third-order valence-electron chi connectivity index (χ3n) is 5.23. The monoisotopic (exact) mass is 356 g/mol. The molecule has 3 aromatic rings. The Morgan fingerprint density at radius 3 is 2.30 bits per heavy atom. The number of hydrogen-bond acceptors (Lipinski definition) is 3. The van der Waals surface area contributed by atoms with Gasteiger partial charge in [0.15, 0.2) is 0 Å². The summed E-state index contributed by atoms with van der Waals surface area (Å²) in [4.78, 5) is 13.5. The molecular weight excluding hydrogens is 336 g/mol. The molecule has 27 heavy (non-hydrogen) atoms. The van der Waals surface area contributed by atoms with Gasteiger partial charge in [-0.2, -0.15) is 5.26 Å². The highest BCUT2D eigenvalue weighted by molar-refractivity contribution is 6.09. The van der Waals surface area contributed by atoms with Gasteiger partial charge < -0.3 is 10.0 Å². The van der Waals surface area contributed by atoms with Crippen LogP contribution in [-0.4, -0.2) is 24.2 Å². The quantitative estimate of drug-likeness (QED) is 0.409. The zero-order valence-electron chi connectivity index (χ0n) is 15.0. The van der Waals surface area contributed by atoms with E-state index < -0.39 is 5.97 Å². The fourth-order valence-corrected chi connectivity index (χ4v) is 3.82. The zero-order chi connectivity index (χ0) is 18.8. The molecule has 0 radical (unpaired) electrons. The van der Waals surface area contributed by atoms with Crippen LogP contribution in [0, 0.1) is 11.3 Å². The van der Waals surface area contributed by atoms with E-state index in [4.69, 9.17) is 10.4 Å². The molecule has 1 aliphatic heterocycles. The average Bonchev–Trinajstić information content (AvgIpc) is 2.71. The third kappa shape index (κ3) is 3.37. The van der Waals surface area contributed by atoms with Crippen LogP contribution in [0.3, 0.4) is 0 Å². The van der Waals surface area contributed by atoms with Crippen molar-refractivity contribution >= 4 is 39.3 Å². The van der Waals surface area contributed by atoms with Crippen molar-refractivity contribution in [1.82, 2.24) is 0 Å². The van der Waals surface area contributed by atoms with Crippen LogP contribution in [-0.2, 0) is 4.79 Å². The molecule has 0 aromatic heterocycles. The molecule has 1 N–H and O–H groups in total. The summed E-state index contributed by atoms with van der Waals surface area (Å²) in [6.45, 7) is 2.25. The minimum Gasteiger partial charge on any atom is -0.477 e. The SMILES string of the molecule is N#CC(=Cc1ccc2c(ccc3cc(N4CCCCC4)ccc32)c1)C(=O)O. The molecule has 4 heteroatoms. The zero-order valence-corrected chi connectivity index (χ0v) is 15.0. The molecule has 4 nitrogen and oxygen atoms in total. The number of hydrogen-bond donors (Lipinski definition) is 1. The molecule has 0 bridgehead atoms. The van der Waals surface area contributed by atoms with Crippen molar-refractivity contribution in [3.05, 3.63) is 59.7 Å². The molecule has 0 aliphatic carbocycles. The van der Waals surface area contributed by atoms with Crippen LogP contribution in [0.1, 0.15) is 24.8 Å². The van der Waals surface area contributed by atoms with E-state index in [1.807, 2.05) is 18.2 Å². The summed E-state index contributed by atoms with van der Waals surface area (Å²) >= 11 is 0. The number of carboxylic acid groups (broad SMARTS) is 1. The molecule has 0 atom stereocenters. The van der Waals surface area contributed by atoms with Gasteiger partial charge in [-0.15, -0.1) is 0 Å². The predicted molar refractivity (Wildman–Crippen MR) is 109 cm³/mol. The Morgan fingerprint density at radius 1 is 0.963 bits per heavy atom. The normalized spacial score (nSPS) is 15.1. The van der Waals surface area contributed by atoms with Crippen LogP contribution in [0.5, 0.6) is 0 Å². The maximum atomic E-state index is 11.0. The van der Waals surface area contributed by atoms with Gasteiger partial charge in [-0.3, -0.25) is 0 Å². The summed E-state index contributed by atoms with van der Waals surface area (Å²) in [7, 11) is 0. The topological polar surface area (TPSA) is 64.3 Å². The summed E-state index contributed by atoms with van der Waals surface area (Å²) in [5.74, 6) is -1.21. The van der Waals surface area contributed by atoms with Gasteiger partial charge in [-0.05, 0) is 70.6 Å². The van der Waals surface area contributed by atoms with E-state index in [-0.39, 0.29) is 5.57 Å². The first-order chi connectivity index (χ1) is 13.2. The largest absolute Gasteiger partial charge is 0.477 e. The molecule has 1 saturated heterocycles. The van der Waals surface area contributed by atoms with E-state index >= 15 is 0 Å². The van der Waals surface area contributed by atoms with E-state index in [1.165, 1.54) is 41.8 Å². The number of nitriles is 1. The summed E-state index contributed by atoms with van der Waals surface area (Å²) in [5, 5.41) is 22.5. The summed E-state index contributed by atoms with van der Waals surface area (Å²) < 4.78 is 0. The lowest BCUT2D eigenvalue weighted by molar-refractivity contribution is -0.132. The highest BCUT2D eigenvalue weighted by Gasteiger charge is 2.12. The van der Waals surface area contributed by atoms with Crippen molar-refractivity contribution in [2.75, 3.05) is 18.0 Å². The molecule has 0 amide bonds. The molecular formula is C23H20N2O2.